The number of piperidine rings is 2. The van der Waals surface area contributed by atoms with Crippen molar-refractivity contribution < 1.29 is 23.2 Å². The molecule has 3 heterocycles. The van der Waals surface area contributed by atoms with Gasteiger partial charge in [0.25, 0.3) is 0 Å². The van der Waals surface area contributed by atoms with Gasteiger partial charge in [-0.2, -0.15) is 11.8 Å². The van der Waals surface area contributed by atoms with E-state index in [1.54, 1.807) is 29.4 Å². The second-order valence-electron chi connectivity index (χ2n) is 11.0. The van der Waals surface area contributed by atoms with Crippen molar-refractivity contribution in [3.05, 3.63) is 24.3 Å². The highest BCUT2D eigenvalue weighted by Crippen LogP contribution is 2.41. The van der Waals surface area contributed by atoms with Crippen LogP contribution in [0.25, 0.3) is 0 Å². The Morgan fingerprint density at radius 3 is 2.19 bits per heavy atom. The summed E-state index contributed by atoms with van der Waals surface area (Å²) in [6, 6.07) is 6.94. The number of benzene rings is 1. The number of nitrogens with one attached hydrogen (secondary N) is 1. The maximum atomic E-state index is 13.6. The van der Waals surface area contributed by atoms with Crippen molar-refractivity contribution >= 4 is 39.1 Å². The standard InChI is InChI=1S/C26H39N3O5S2/c1-19-15-20(2)18-29(17-19)25(31)21-7-11-28(12-8-21)22-3-5-23(6-4-22)36(33,34)26(16-24(30)27-32)9-13-35-14-10-26/h3-6,19-21,32H,7-18H2,1-2H3,(H,27,30). The van der Waals surface area contributed by atoms with Gasteiger partial charge in [-0.15, -0.1) is 0 Å². The van der Waals surface area contributed by atoms with Gasteiger partial charge in [0, 0.05) is 44.2 Å². The molecule has 3 fully saturated rings. The maximum absolute atomic E-state index is 13.6. The van der Waals surface area contributed by atoms with Crippen LogP contribution in [0, 0.1) is 17.8 Å². The summed E-state index contributed by atoms with van der Waals surface area (Å²) in [7, 11) is -3.77. The third-order valence-electron chi connectivity index (χ3n) is 8.12. The van der Waals surface area contributed by atoms with Crippen molar-refractivity contribution in [3.8, 4) is 0 Å². The third-order valence-corrected chi connectivity index (χ3v) is 11.7. The van der Waals surface area contributed by atoms with Gasteiger partial charge >= 0.3 is 0 Å². The fraction of sp³-hybridized carbons (Fsp3) is 0.692. The molecular formula is C26H39N3O5S2. The lowest BCUT2D eigenvalue weighted by Gasteiger charge is -2.39. The second-order valence-corrected chi connectivity index (χ2v) is 14.5. The Labute approximate surface area is 219 Å². The Balaban J connectivity index is 1.41. The van der Waals surface area contributed by atoms with Crippen molar-refractivity contribution in [2.45, 2.75) is 62.0 Å². The van der Waals surface area contributed by atoms with Crippen LogP contribution in [0.3, 0.4) is 0 Å². The number of hydroxylamine groups is 1. The number of nitrogens with zero attached hydrogens (tertiary/aromatic N) is 2. The van der Waals surface area contributed by atoms with E-state index in [2.05, 4.69) is 23.6 Å². The van der Waals surface area contributed by atoms with Gasteiger partial charge in [-0.05, 0) is 79.7 Å². The highest BCUT2D eigenvalue weighted by Gasteiger charge is 2.47. The summed E-state index contributed by atoms with van der Waals surface area (Å²) in [5.74, 6) is 2.11. The van der Waals surface area contributed by atoms with Crippen molar-refractivity contribution in [3.63, 3.8) is 0 Å². The molecule has 1 aromatic rings. The van der Waals surface area contributed by atoms with Crippen LogP contribution < -0.4 is 10.4 Å². The summed E-state index contributed by atoms with van der Waals surface area (Å²) in [5.41, 5.74) is 2.55. The number of amides is 2. The molecule has 4 rings (SSSR count). The minimum Gasteiger partial charge on any atom is -0.371 e. The molecule has 3 aliphatic rings. The van der Waals surface area contributed by atoms with E-state index in [0.29, 0.717) is 36.2 Å². The zero-order valence-corrected chi connectivity index (χ0v) is 23.0. The molecule has 2 N–H and O–H groups in total. The van der Waals surface area contributed by atoms with Crippen LogP contribution in [0.2, 0.25) is 0 Å². The molecule has 3 aliphatic heterocycles. The molecule has 0 radical (unpaired) electrons. The molecule has 1 aromatic carbocycles. The van der Waals surface area contributed by atoms with Crippen molar-refractivity contribution in [1.82, 2.24) is 10.4 Å². The molecule has 8 nitrogen and oxygen atoms in total. The Kier molecular flexibility index (Phi) is 8.56. The smallest absolute Gasteiger partial charge is 0.244 e. The zero-order chi connectivity index (χ0) is 25.9. The van der Waals surface area contributed by atoms with Crippen LogP contribution in [0.4, 0.5) is 5.69 Å². The van der Waals surface area contributed by atoms with E-state index in [4.69, 9.17) is 5.21 Å². The minimum absolute atomic E-state index is 0.0556. The van der Waals surface area contributed by atoms with E-state index in [9.17, 15) is 18.0 Å². The number of rotatable bonds is 6. The molecule has 0 spiro atoms. The van der Waals surface area contributed by atoms with E-state index in [-0.39, 0.29) is 23.1 Å². The molecule has 2 amide bonds. The Morgan fingerprint density at radius 1 is 1.06 bits per heavy atom. The summed E-state index contributed by atoms with van der Waals surface area (Å²) in [4.78, 5) is 29.6. The maximum Gasteiger partial charge on any atom is 0.244 e. The normalized spacial score (nSPS) is 25.4. The van der Waals surface area contributed by atoms with Gasteiger partial charge in [-0.25, -0.2) is 13.9 Å². The average molecular weight is 538 g/mol. The summed E-state index contributed by atoms with van der Waals surface area (Å²) in [6.45, 7) is 7.69. The number of hydrogen-bond acceptors (Lipinski definition) is 7. The lowest BCUT2D eigenvalue weighted by atomic mass is 9.89. The average Bonchev–Trinajstić information content (AvgIpc) is 2.88. The lowest BCUT2D eigenvalue weighted by Crippen LogP contribution is -2.47. The van der Waals surface area contributed by atoms with Gasteiger partial charge < -0.3 is 9.80 Å². The second kappa shape index (κ2) is 11.3. The van der Waals surface area contributed by atoms with Gasteiger partial charge in [0.05, 0.1) is 9.64 Å². The van der Waals surface area contributed by atoms with Crippen molar-refractivity contribution in [1.29, 1.82) is 0 Å². The lowest BCUT2D eigenvalue weighted by molar-refractivity contribution is -0.139. The van der Waals surface area contributed by atoms with E-state index >= 15 is 0 Å². The first-order valence-electron chi connectivity index (χ1n) is 13.0. The monoisotopic (exact) mass is 537 g/mol. The summed E-state index contributed by atoms with van der Waals surface area (Å²) >= 11 is 1.68. The van der Waals surface area contributed by atoms with E-state index < -0.39 is 20.5 Å². The molecule has 2 unspecified atom stereocenters. The van der Waals surface area contributed by atoms with E-state index in [0.717, 1.165) is 44.7 Å². The number of anilines is 1. The minimum atomic E-state index is -3.77. The SMILES string of the molecule is CC1CC(C)CN(C(=O)C2CCN(c3ccc(S(=O)(=O)C4(CC(=O)NO)CCSCC4)cc3)CC2)C1. The first-order valence-corrected chi connectivity index (χ1v) is 15.7. The highest BCUT2D eigenvalue weighted by atomic mass is 32.2. The fourth-order valence-corrected chi connectivity index (χ4v) is 9.78. The number of carbonyl (C=O) groups is 2. The van der Waals surface area contributed by atoms with Gasteiger partial charge in [-0.3, -0.25) is 14.8 Å². The van der Waals surface area contributed by atoms with Gasteiger partial charge in [0.1, 0.15) is 0 Å². The summed E-state index contributed by atoms with van der Waals surface area (Å²) in [6.07, 6.45) is 3.30. The molecule has 200 valence electrons. The Morgan fingerprint density at radius 2 is 1.64 bits per heavy atom. The highest BCUT2D eigenvalue weighted by molar-refractivity contribution is 7.99. The van der Waals surface area contributed by atoms with Crippen LogP contribution >= 0.6 is 11.8 Å². The topological polar surface area (TPSA) is 107 Å². The fourth-order valence-electron chi connectivity index (χ4n) is 6.19. The number of hydrogen-bond donors (Lipinski definition) is 2. The van der Waals surface area contributed by atoms with Crippen LogP contribution in [0.5, 0.6) is 0 Å². The number of sulfone groups is 1. The zero-order valence-electron chi connectivity index (χ0n) is 21.3. The van der Waals surface area contributed by atoms with Crippen molar-refractivity contribution in [2.75, 3.05) is 42.6 Å². The van der Waals surface area contributed by atoms with Crippen LogP contribution in [-0.4, -0.2) is 72.8 Å². The van der Waals surface area contributed by atoms with Gasteiger partial charge in [0.15, 0.2) is 9.84 Å². The van der Waals surface area contributed by atoms with Crippen molar-refractivity contribution in [2.24, 2.45) is 17.8 Å². The molecular weight excluding hydrogens is 498 g/mol. The van der Waals surface area contributed by atoms with Crippen LogP contribution in [-0.2, 0) is 19.4 Å². The number of thioether (sulfide) groups is 1. The number of carbonyl (C=O) groups excluding carboxylic acids is 2. The Hall–Kier alpha value is -1.78. The molecule has 3 saturated heterocycles. The molecule has 0 saturated carbocycles. The molecule has 0 aromatic heterocycles. The Bertz CT molecular complexity index is 1020. The van der Waals surface area contributed by atoms with Crippen LogP contribution in [0.15, 0.2) is 29.2 Å². The molecule has 36 heavy (non-hydrogen) atoms. The largest absolute Gasteiger partial charge is 0.371 e. The molecule has 2 atom stereocenters. The van der Waals surface area contributed by atoms with E-state index in [1.165, 1.54) is 6.42 Å². The predicted octanol–water partition coefficient (Wildman–Crippen LogP) is 3.34. The quantitative estimate of drug-likeness (QED) is 0.423. The van der Waals surface area contributed by atoms with Gasteiger partial charge in [-0.1, -0.05) is 13.8 Å². The first kappa shape index (κ1) is 27.3. The first-order chi connectivity index (χ1) is 17.1. The molecule has 0 aliphatic carbocycles. The molecule has 0 bridgehead atoms. The number of likely N-dealkylation sites (tertiary alicyclic amines) is 1. The summed E-state index contributed by atoms with van der Waals surface area (Å²) in [5, 5.41) is 9.02. The van der Waals surface area contributed by atoms with E-state index in [1.807, 2.05) is 12.1 Å². The summed E-state index contributed by atoms with van der Waals surface area (Å²) < 4.78 is 26.1. The predicted molar refractivity (Wildman–Crippen MR) is 142 cm³/mol. The van der Waals surface area contributed by atoms with Crippen LogP contribution in [0.1, 0.15) is 52.4 Å². The molecule has 10 heteroatoms. The third kappa shape index (κ3) is 5.70. The van der Waals surface area contributed by atoms with Gasteiger partial charge in [0.2, 0.25) is 11.8 Å².